The number of aromatic nitrogens is 3. The maximum Gasteiger partial charge on any atom is 0.197 e. The van der Waals surface area contributed by atoms with Gasteiger partial charge in [0.25, 0.3) is 0 Å². The number of hydrogen-bond acceptors (Lipinski definition) is 5. The van der Waals surface area contributed by atoms with Crippen LogP contribution in [-0.2, 0) is 19.6 Å². The fourth-order valence-corrected chi connectivity index (χ4v) is 4.87. The predicted octanol–water partition coefficient (Wildman–Crippen LogP) is 5.78. The SMILES string of the molecule is O=c1c(CN(CCCn2cnc3ccccc32)Cc2ccncc2)coc2c1ccc1ccccc12. The Labute approximate surface area is 208 Å². The molecule has 0 atom stereocenters. The number of para-hydroxylation sites is 2. The highest BCUT2D eigenvalue weighted by molar-refractivity contribution is 6.03. The molecule has 0 N–H and O–H groups in total. The lowest BCUT2D eigenvalue weighted by atomic mass is 10.1. The highest BCUT2D eigenvalue weighted by Crippen LogP contribution is 2.24. The smallest absolute Gasteiger partial charge is 0.197 e. The molecule has 0 radical (unpaired) electrons. The lowest BCUT2D eigenvalue weighted by molar-refractivity contribution is 0.246. The van der Waals surface area contributed by atoms with Gasteiger partial charge in [0, 0.05) is 49.5 Å². The highest BCUT2D eigenvalue weighted by Gasteiger charge is 2.14. The zero-order valence-electron chi connectivity index (χ0n) is 19.9. The van der Waals surface area contributed by atoms with Crippen molar-refractivity contribution in [3.05, 3.63) is 119 Å². The van der Waals surface area contributed by atoms with Crippen LogP contribution in [0.5, 0.6) is 0 Å². The molecule has 3 aromatic heterocycles. The van der Waals surface area contributed by atoms with Gasteiger partial charge in [-0.05, 0) is 47.7 Å². The molecule has 0 saturated carbocycles. The summed E-state index contributed by atoms with van der Waals surface area (Å²) in [6, 6.07) is 24.1. The van der Waals surface area contributed by atoms with Gasteiger partial charge in [0.1, 0.15) is 5.58 Å². The van der Waals surface area contributed by atoms with Crippen molar-refractivity contribution in [1.82, 2.24) is 19.4 Å². The lowest BCUT2D eigenvalue weighted by Crippen LogP contribution is -2.27. The van der Waals surface area contributed by atoms with Gasteiger partial charge in [-0.25, -0.2) is 4.98 Å². The molecule has 6 rings (SSSR count). The van der Waals surface area contributed by atoms with Crippen molar-refractivity contribution in [1.29, 1.82) is 0 Å². The molecule has 0 bridgehead atoms. The van der Waals surface area contributed by atoms with E-state index in [1.807, 2.05) is 73.1 Å². The standard InChI is InChI=1S/C30H26N4O2/c35-29-24(20-36-30-25-7-2-1-6-23(25)10-11-26(29)30)19-33(18-22-12-14-31-15-13-22)16-5-17-34-21-32-27-8-3-4-9-28(27)34/h1-4,6-15,20-21H,5,16-19H2. The molecule has 6 aromatic rings. The molecule has 0 fully saturated rings. The van der Waals surface area contributed by atoms with Gasteiger partial charge in [-0.1, -0.05) is 42.5 Å². The van der Waals surface area contributed by atoms with E-state index in [-0.39, 0.29) is 5.43 Å². The van der Waals surface area contributed by atoms with Crippen LogP contribution in [0.3, 0.4) is 0 Å². The minimum Gasteiger partial charge on any atom is -0.463 e. The van der Waals surface area contributed by atoms with Crippen molar-refractivity contribution in [2.24, 2.45) is 0 Å². The van der Waals surface area contributed by atoms with Gasteiger partial charge in [0.15, 0.2) is 5.43 Å². The molecule has 0 aliphatic carbocycles. The quantitative estimate of drug-likeness (QED) is 0.262. The molecule has 0 aliphatic rings. The van der Waals surface area contributed by atoms with Crippen molar-refractivity contribution in [2.75, 3.05) is 6.54 Å². The second kappa shape index (κ2) is 9.76. The molecule has 3 heterocycles. The second-order valence-corrected chi connectivity index (χ2v) is 9.10. The monoisotopic (exact) mass is 474 g/mol. The van der Waals surface area contributed by atoms with Crippen LogP contribution in [-0.4, -0.2) is 26.0 Å². The highest BCUT2D eigenvalue weighted by atomic mass is 16.3. The Hall–Kier alpha value is -4.29. The van der Waals surface area contributed by atoms with Crippen LogP contribution in [0.2, 0.25) is 0 Å². The van der Waals surface area contributed by atoms with Crippen LogP contribution in [0.15, 0.2) is 107 Å². The Morgan fingerprint density at radius 1 is 0.861 bits per heavy atom. The number of rotatable bonds is 8. The van der Waals surface area contributed by atoms with E-state index >= 15 is 0 Å². The van der Waals surface area contributed by atoms with Gasteiger partial charge in [-0.15, -0.1) is 0 Å². The molecule has 0 amide bonds. The Bertz CT molecular complexity index is 1710. The Kier molecular flexibility index (Phi) is 6.01. The summed E-state index contributed by atoms with van der Waals surface area (Å²) >= 11 is 0. The van der Waals surface area contributed by atoms with E-state index in [9.17, 15) is 4.79 Å². The average Bonchev–Trinajstić information content (AvgIpc) is 3.33. The van der Waals surface area contributed by atoms with Crippen LogP contribution >= 0.6 is 0 Å². The van der Waals surface area contributed by atoms with Gasteiger partial charge in [0.2, 0.25) is 0 Å². The van der Waals surface area contributed by atoms with Gasteiger partial charge in [-0.2, -0.15) is 0 Å². The summed E-state index contributed by atoms with van der Waals surface area (Å²) in [6.07, 6.45) is 8.08. The molecule has 6 heteroatoms. The topological polar surface area (TPSA) is 64.2 Å². The summed E-state index contributed by atoms with van der Waals surface area (Å²) in [5.74, 6) is 0. The van der Waals surface area contributed by atoms with E-state index in [0.29, 0.717) is 23.1 Å². The third-order valence-corrected chi connectivity index (χ3v) is 6.69. The van der Waals surface area contributed by atoms with Crippen LogP contribution < -0.4 is 5.43 Å². The van der Waals surface area contributed by atoms with Crippen molar-refractivity contribution < 1.29 is 4.42 Å². The van der Waals surface area contributed by atoms with Gasteiger partial charge >= 0.3 is 0 Å². The number of nitrogens with zero attached hydrogens (tertiary/aromatic N) is 4. The van der Waals surface area contributed by atoms with Crippen molar-refractivity contribution in [3.63, 3.8) is 0 Å². The minimum absolute atomic E-state index is 0.0299. The number of hydrogen-bond donors (Lipinski definition) is 0. The minimum atomic E-state index is 0.0299. The summed E-state index contributed by atoms with van der Waals surface area (Å²) in [4.78, 5) is 24.4. The summed E-state index contributed by atoms with van der Waals surface area (Å²) < 4.78 is 8.24. The first-order valence-corrected chi connectivity index (χ1v) is 12.2. The van der Waals surface area contributed by atoms with E-state index in [1.54, 1.807) is 18.7 Å². The van der Waals surface area contributed by atoms with Gasteiger partial charge in [-0.3, -0.25) is 14.7 Å². The van der Waals surface area contributed by atoms with Gasteiger partial charge < -0.3 is 8.98 Å². The molecule has 3 aromatic carbocycles. The van der Waals surface area contributed by atoms with Crippen LogP contribution in [0.4, 0.5) is 0 Å². The molecule has 0 unspecified atom stereocenters. The Morgan fingerprint density at radius 3 is 2.61 bits per heavy atom. The molecule has 6 nitrogen and oxygen atoms in total. The first-order valence-electron chi connectivity index (χ1n) is 12.2. The molecule has 178 valence electrons. The summed E-state index contributed by atoms with van der Waals surface area (Å²) in [7, 11) is 0. The number of aryl methyl sites for hydroxylation is 1. The van der Waals surface area contributed by atoms with E-state index in [4.69, 9.17) is 4.42 Å². The number of pyridine rings is 1. The normalized spacial score (nSPS) is 11.7. The lowest BCUT2D eigenvalue weighted by Gasteiger charge is -2.22. The number of imidazole rings is 1. The van der Waals surface area contributed by atoms with E-state index in [0.717, 1.165) is 53.4 Å². The first-order chi connectivity index (χ1) is 17.8. The van der Waals surface area contributed by atoms with Crippen LogP contribution in [0.25, 0.3) is 32.8 Å². The molecular weight excluding hydrogens is 448 g/mol. The Balaban J connectivity index is 1.26. The summed E-state index contributed by atoms with van der Waals surface area (Å²) in [5.41, 5.74) is 4.65. The maximum absolute atomic E-state index is 13.5. The maximum atomic E-state index is 13.5. The van der Waals surface area contributed by atoms with Crippen molar-refractivity contribution in [2.45, 2.75) is 26.1 Å². The average molecular weight is 475 g/mol. The fourth-order valence-electron chi connectivity index (χ4n) is 4.87. The van der Waals surface area contributed by atoms with Crippen molar-refractivity contribution in [3.8, 4) is 0 Å². The van der Waals surface area contributed by atoms with E-state index < -0.39 is 0 Å². The molecule has 0 spiro atoms. The molecule has 0 saturated heterocycles. The second-order valence-electron chi connectivity index (χ2n) is 9.10. The van der Waals surface area contributed by atoms with Gasteiger partial charge in [0.05, 0.1) is 29.0 Å². The Morgan fingerprint density at radius 2 is 1.69 bits per heavy atom. The van der Waals surface area contributed by atoms with Crippen LogP contribution in [0.1, 0.15) is 17.5 Å². The first kappa shape index (κ1) is 22.2. The van der Waals surface area contributed by atoms with Crippen LogP contribution in [0, 0.1) is 0 Å². The van der Waals surface area contributed by atoms with E-state index in [1.165, 1.54) is 0 Å². The van der Waals surface area contributed by atoms with Crippen molar-refractivity contribution >= 4 is 32.8 Å². The third kappa shape index (κ3) is 4.39. The molecular formula is C30H26N4O2. The number of benzene rings is 3. The zero-order chi connectivity index (χ0) is 24.3. The zero-order valence-corrected chi connectivity index (χ0v) is 19.9. The largest absolute Gasteiger partial charge is 0.463 e. The summed E-state index contributed by atoms with van der Waals surface area (Å²) in [5, 5.41) is 2.65. The summed E-state index contributed by atoms with van der Waals surface area (Å²) in [6.45, 7) is 2.91. The third-order valence-electron chi connectivity index (χ3n) is 6.69. The predicted molar refractivity (Wildman–Crippen MR) is 143 cm³/mol. The molecule has 36 heavy (non-hydrogen) atoms. The number of fused-ring (bicyclic) bond motifs is 4. The van der Waals surface area contributed by atoms with E-state index in [2.05, 4.69) is 25.5 Å². The fraction of sp³-hybridized carbons (Fsp3) is 0.167. The molecule has 0 aliphatic heterocycles.